The number of carbonyl (C=O) groups is 2. The maximum absolute atomic E-state index is 10.9. The molecule has 19 heteroatoms. The summed E-state index contributed by atoms with van der Waals surface area (Å²) in [6.45, 7) is 8.61. The van der Waals surface area contributed by atoms with Crippen LogP contribution >= 0.6 is 0 Å². The zero-order valence-corrected chi connectivity index (χ0v) is 38.5. The van der Waals surface area contributed by atoms with E-state index in [1.807, 2.05) is 80.7 Å². The molecule has 0 radical (unpaired) electrons. The number of aliphatic hydroxyl groups is 1. The third-order valence-electron chi connectivity index (χ3n) is 7.91. The number of esters is 1. The number of aromatic nitrogens is 7. The molecule has 0 fully saturated rings. The fraction of sp³-hybridized carbons (Fsp3) is 0.160. The smallest absolute Gasteiger partial charge is 0.303 e. The normalized spacial score (nSPS) is 8.78. The Bertz CT molecular complexity index is 2910. The maximum Gasteiger partial charge on any atom is 0.303 e. The third-order valence-corrected chi connectivity index (χ3v) is 7.91. The van der Waals surface area contributed by atoms with Gasteiger partial charge in [0, 0.05) is 74.5 Å². The molecule has 0 spiro atoms. The number of pyridine rings is 7. The second kappa shape index (κ2) is 33.5. The summed E-state index contributed by atoms with van der Waals surface area (Å²) in [5.74, 6) is -0.357. The van der Waals surface area contributed by atoms with Crippen molar-refractivity contribution in [3.8, 4) is 30.3 Å². The lowest BCUT2D eigenvalue weighted by Gasteiger charge is -2.00. The third kappa shape index (κ3) is 24.0. The molecule has 0 saturated heterocycles. The minimum Gasteiger partial charge on any atom is -0.619 e. The molecule has 7 rings (SSSR count). The van der Waals surface area contributed by atoms with Gasteiger partial charge in [0.2, 0.25) is 11.9 Å². The number of aryl methyl sites for hydroxylation is 4. The minimum atomic E-state index is -0.357. The first-order valence-corrected chi connectivity index (χ1v) is 20.1. The van der Waals surface area contributed by atoms with Gasteiger partial charge in [-0.1, -0.05) is 30.3 Å². The standard InChI is InChI=1S/C9H8N2O2.2C7H6N2O.C7H4N2O.C7H6N2.C7H10NO.C6H7NO/c1-7(12)13-6-9-4-2-3-8(5-10)11-9;1-6-3-2-4-7(5-8)9(6)10;2*8-4-6-2-1-3-7(5-10)9-6;1-6-3-2-4-7(5-8)9-6;1-7-5-3-4-6-8(7)9-2;1-6-4-2-3-5-7(6)8/h2-4H,6H2,1H3;2-4H,1H3;1-3,10H,5H2;1-3,5H;2-4H,1H3;3-6H,1-2H3;2-5H,1H3/q;;;;;+1;. The summed E-state index contributed by atoms with van der Waals surface area (Å²) in [7, 11) is 1.65. The van der Waals surface area contributed by atoms with Crippen molar-refractivity contribution in [1.29, 1.82) is 26.3 Å². The first-order valence-electron chi connectivity index (χ1n) is 20.1. The molecule has 0 unspecified atom stereocenters. The van der Waals surface area contributed by atoms with Crippen molar-refractivity contribution in [2.75, 3.05) is 7.11 Å². The van der Waals surface area contributed by atoms with Gasteiger partial charge in [-0.3, -0.25) is 14.4 Å². The quantitative estimate of drug-likeness (QED) is 0.103. The van der Waals surface area contributed by atoms with Crippen LogP contribution in [0.4, 0.5) is 0 Å². The minimum absolute atomic E-state index is 0.116. The molecule has 69 heavy (non-hydrogen) atoms. The van der Waals surface area contributed by atoms with Crippen LogP contribution in [0.15, 0.2) is 140 Å². The zero-order valence-electron chi connectivity index (χ0n) is 38.5. The molecule has 0 amide bonds. The number of rotatable bonds is 5. The lowest BCUT2D eigenvalue weighted by Crippen LogP contribution is -2.42. The van der Waals surface area contributed by atoms with Gasteiger partial charge < -0.3 is 20.3 Å². The van der Waals surface area contributed by atoms with E-state index in [0.29, 0.717) is 50.9 Å². The van der Waals surface area contributed by atoms with Gasteiger partial charge in [-0.05, 0) is 67.6 Å². The number of nitrogens with zero attached hydrogens (tertiary/aromatic N) is 12. The molecular formula is C50H47N12O7+. The highest BCUT2D eigenvalue weighted by molar-refractivity contribution is 5.71. The van der Waals surface area contributed by atoms with E-state index in [1.165, 1.54) is 19.2 Å². The van der Waals surface area contributed by atoms with E-state index in [-0.39, 0.29) is 30.6 Å². The Hall–Kier alpha value is -10.0. The number of ether oxygens (including phenoxy) is 1. The van der Waals surface area contributed by atoms with Gasteiger partial charge in [0.05, 0.1) is 18.0 Å². The highest BCUT2D eigenvalue weighted by Crippen LogP contribution is 2.01. The van der Waals surface area contributed by atoms with E-state index in [4.69, 9.17) is 41.0 Å². The number of nitriles is 5. The molecule has 0 aromatic carbocycles. The van der Waals surface area contributed by atoms with Gasteiger partial charge in [-0.2, -0.15) is 35.8 Å². The monoisotopic (exact) mass is 927 g/mol. The van der Waals surface area contributed by atoms with Crippen LogP contribution in [-0.4, -0.2) is 44.4 Å². The fourth-order valence-electron chi connectivity index (χ4n) is 4.53. The van der Waals surface area contributed by atoms with Crippen molar-refractivity contribution in [2.45, 2.75) is 47.8 Å². The molecule has 0 aliphatic rings. The van der Waals surface area contributed by atoms with Gasteiger partial charge in [-0.25, -0.2) is 19.9 Å². The lowest BCUT2D eigenvalue weighted by atomic mass is 10.3. The molecule has 0 aliphatic carbocycles. The maximum atomic E-state index is 10.9. The average Bonchev–Trinajstić information content (AvgIpc) is 3.38. The molecule has 7 aromatic heterocycles. The van der Waals surface area contributed by atoms with Crippen LogP contribution in [-0.2, 0) is 22.7 Å². The number of aliphatic hydroxyl groups excluding tert-OH is 1. The van der Waals surface area contributed by atoms with E-state index in [1.54, 1.807) is 117 Å². The molecule has 348 valence electrons. The van der Waals surface area contributed by atoms with E-state index in [2.05, 4.69) is 19.9 Å². The van der Waals surface area contributed by atoms with E-state index >= 15 is 0 Å². The molecule has 7 aromatic rings. The predicted octanol–water partition coefficient (Wildman–Crippen LogP) is 4.96. The highest BCUT2D eigenvalue weighted by atomic mass is 16.6. The predicted molar refractivity (Wildman–Crippen MR) is 246 cm³/mol. The van der Waals surface area contributed by atoms with Crippen molar-refractivity contribution >= 4 is 12.3 Å². The molecule has 19 nitrogen and oxygen atoms in total. The van der Waals surface area contributed by atoms with Crippen molar-refractivity contribution in [2.24, 2.45) is 0 Å². The number of hydrogen-bond acceptors (Lipinski definition) is 16. The molecule has 0 saturated carbocycles. The van der Waals surface area contributed by atoms with Crippen molar-refractivity contribution in [3.63, 3.8) is 0 Å². The number of hydrogen-bond donors (Lipinski definition) is 1. The van der Waals surface area contributed by atoms with Gasteiger partial charge in [0.25, 0.3) is 5.69 Å². The van der Waals surface area contributed by atoms with E-state index in [0.717, 1.165) is 21.8 Å². The van der Waals surface area contributed by atoms with E-state index < -0.39 is 0 Å². The summed E-state index contributed by atoms with van der Waals surface area (Å²) in [6.07, 6.45) is 3.96. The van der Waals surface area contributed by atoms with Gasteiger partial charge in [0.1, 0.15) is 66.5 Å². The van der Waals surface area contributed by atoms with Crippen LogP contribution in [0.1, 0.15) is 80.0 Å². The fourth-order valence-corrected chi connectivity index (χ4v) is 4.53. The van der Waals surface area contributed by atoms with Gasteiger partial charge in [-0.15, -0.1) is 0 Å². The van der Waals surface area contributed by atoms with Crippen LogP contribution in [0.2, 0.25) is 0 Å². The molecule has 7 heterocycles. The van der Waals surface area contributed by atoms with Gasteiger partial charge >= 0.3 is 5.97 Å². The molecule has 0 aliphatic heterocycles. The van der Waals surface area contributed by atoms with Crippen LogP contribution in [0.3, 0.4) is 0 Å². The van der Waals surface area contributed by atoms with E-state index in [9.17, 15) is 20.0 Å². The van der Waals surface area contributed by atoms with Crippen LogP contribution in [0, 0.1) is 94.8 Å². The van der Waals surface area contributed by atoms with Crippen LogP contribution in [0.5, 0.6) is 0 Å². The van der Waals surface area contributed by atoms with Crippen molar-refractivity contribution in [3.05, 3.63) is 219 Å². The topological polar surface area (TPSA) is 301 Å². The summed E-state index contributed by atoms with van der Waals surface area (Å²) in [5.41, 5.74) is 6.20. The van der Waals surface area contributed by atoms with Gasteiger partial charge in [0.15, 0.2) is 29.9 Å². The van der Waals surface area contributed by atoms with Crippen LogP contribution in [0.25, 0.3) is 0 Å². The Morgan fingerprint density at radius 1 is 0.609 bits per heavy atom. The Morgan fingerprint density at radius 2 is 1.10 bits per heavy atom. The first kappa shape index (κ1) is 57.0. The Balaban J connectivity index is 0.000000404. The molecular weight excluding hydrogens is 881 g/mol. The van der Waals surface area contributed by atoms with Crippen molar-refractivity contribution < 1.29 is 38.5 Å². The first-order chi connectivity index (χ1) is 33.2. The Kier molecular flexibility index (Phi) is 27.7. The van der Waals surface area contributed by atoms with Crippen molar-refractivity contribution in [1.82, 2.24) is 19.9 Å². The van der Waals surface area contributed by atoms with Crippen LogP contribution < -0.4 is 19.0 Å². The second-order valence-corrected chi connectivity index (χ2v) is 13.1. The Labute approximate surface area is 399 Å². The molecule has 0 bridgehead atoms. The summed E-state index contributed by atoms with van der Waals surface area (Å²) in [5, 5.41) is 71.9. The number of aldehydes is 1. The largest absolute Gasteiger partial charge is 0.619 e. The highest BCUT2D eigenvalue weighted by Gasteiger charge is 2.04. The summed E-state index contributed by atoms with van der Waals surface area (Å²) >= 11 is 0. The molecule has 1 N–H and O–H groups in total. The summed E-state index contributed by atoms with van der Waals surface area (Å²) < 4.78 is 7.87. The average molecular weight is 928 g/mol. The lowest BCUT2D eigenvalue weighted by molar-refractivity contribution is -0.889. The SMILES string of the molecule is CC(=O)OCc1cccc(C#N)n1.CO[n+]1ccccc1C.Cc1cccc(C#N)[n+]1[O-].Cc1cccc(C#N)n1.Cc1cccc[n+]1[O-].N#Cc1cccc(C=O)n1.N#Cc1cccc(CO)n1. The number of carbonyl (C=O) groups excluding carboxylic acids is 2. The Morgan fingerprint density at radius 3 is 1.54 bits per heavy atom. The summed E-state index contributed by atoms with van der Waals surface area (Å²) in [4.78, 5) is 40.9. The second-order valence-electron chi connectivity index (χ2n) is 13.1. The zero-order chi connectivity index (χ0) is 51.4. The molecule has 0 atom stereocenters. The summed E-state index contributed by atoms with van der Waals surface area (Å²) in [6, 6.07) is 45.4.